The van der Waals surface area contributed by atoms with Gasteiger partial charge in [-0.1, -0.05) is 5.21 Å². The lowest BCUT2D eigenvalue weighted by Crippen LogP contribution is -2.44. The molecule has 1 aliphatic rings. The van der Waals surface area contributed by atoms with Crippen LogP contribution >= 0.6 is 0 Å². The predicted octanol–water partition coefficient (Wildman–Crippen LogP) is -4.95. The maximum Gasteiger partial charge on any atom is 0.326 e. The van der Waals surface area contributed by atoms with Crippen LogP contribution in [0.2, 0.25) is 0 Å². The van der Waals surface area contributed by atoms with Gasteiger partial charge in [0.15, 0.2) is 15.3 Å². The Kier molecular flexibility index (Phi) is 7.39. The van der Waals surface area contributed by atoms with Crippen LogP contribution in [-0.2, 0) is 19.2 Å². The summed E-state index contributed by atoms with van der Waals surface area (Å²) in [6, 6.07) is -2.84. The van der Waals surface area contributed by atoms with Crippen LogP contribution in [0.4, 0.5) is 0 Å². The fourth-order valence-electron chi connectivity index (χ4n) is 3.39. The third kappa shape index (κ3) is 5.14. The summed E-state index contributed by atoms with van der Waals surface area (Å²) >= 11 is 0. The predicted molar refractivity (Wildman–Crippen MR) is 104 cm³/mol. The van der Waals surface area contributed by atoms with E-state index < -0.39 is 42.6 Å². The van der Waals surface area contributed by atoms with E-state index in [1.54, 1.807) is 15.7 Å². The number of carbonyl (C=O) groups excluding carboxylic acids is 1. The summed E-state index contributed by atoms with van der Waals surface area (Å²) in [5.74, 6) is -3.96. The smallest absolute Gasteiger partial charge is 0.326 e. The van der Waals surface area contributed by atoms with Crippen molar-refractivity contribution in [2.45, 2.75) is 24.5 Å². The second-order valence-corrected chi connectivity index (χ2v) is 6.64. The largest absolute Gasteiger partial charge is 0.480 e. The highest BCUT2D eigenvalue weighted by atomic mass is 16.4. The van der Waals surface area contributed by atoms with Crippen molar-refractivity contribution in [1.82, 2.24) is 29.9 Å². The first-order valence-corrected chi connectivity index (χ1v) is 8.96. The summed E-state index contributed by atoms with van der Waals surface area (Å²) in [5.41, 5.74) is 0.0347. The average Bonchev–Trinajstić information content (AvgIpc) is 3.27. The molecule has 0 radical (unpaired) electrons. The van der Waals surface area contributed by atoms with Crippen molar-refractivity contribution in [1.29, 1.82) is 0 Å². The third-order valence-electron chi connectivity index (χ3n) is 4.74. The molecule has 0 spiro atoms. The van der Waals surface area contributed by atoms with Gasteiger partial charge in [-0.25, -0.2) is 9.48 Å². The Morgan fingerprint density at radius 3 is 2.55 bits per heavy atom. The molecule has 0 aliphatic carbocycles. The van der Waals surface area contributed by atoms with Crippen LogP contribution in [0, 0.1) is 0 Å². The van der Waals surface area contributed by atoms with E-state index in [0.29, 0.717) is 0 Å². The number of amides is 1. The number of rotatable bonds is 10. The fraction of sp³-hybridized carbons (Fsp3) is 0.538. The van der Waals surface area contributed by atoms with E-state index in [2.05, 4.69) is 15.5 Å². The topological polar surface area (TPSA) is 178 Å². The number of hydrogen-bond donors (Lipinski definition) is 4. The minimum Gasteiger partial charge on any atom is -0.480 e. The number of aliphatic carboxylic acids is 3. The van der Waals surface area contributed by atoms with Crippen LogP contribution < -0.4 is 5.23 Å². The summed E-state index contributed by atoms with van der Waals surface area (Å²) in [4.78, 5) is 48.9. The molecule has 1 aromatic heterocycles. The minimum atomic E-state index is -1.32. The lowest BCUT2D eigenvalue weighted by atomic mass is 9.64. The molecule has 16 heteroatoms. The minimum absolute atomic E-state index is 0.0131. The molecule has 154 valence electrons. The normalized spacial score (nSPS) is 19.8. The first-order valence-electron chi connectivity index (χ1n) is 8.96. The van der Waals surface area contributed by atoms with Gasteiger partial charge in [-0.15, -0.1) is 5.10 Å². The van der Waals surface area contributed by atoms with E-state index in [9.17, 15) is 29.4 Å². The lowest BCUT2D eigenvalue weighted by molar-refractivity contribution is -0.147. The Hall–Kier alpha value is -2.87. The van der Waals surface area contributed by atoms with Crippen molar-refractivity contribution >= 4 is 46.8 Å². The molecule has 13 nitrogen and oxygen atoms in total. The fourth-order valence-corrected chi connectivity index (χ4v) is 3.39. The Labute approximate surface area is 168 Å². The first kappa shape index (κ1) is 22.4. The van der Waals surface area contributed by atoms with Crippen LogP contribution in [0.5, 0.6) is 0 Å². The van der Waals surface area contributed by atoms with E-state index in [1.807, 2.05) is 0 Å². The van der Waals surface area contributed by atoms with Crippen LogP contribution in [0.15, 0.2) is 6.20 Å². The van der Waals surface area contributed by atoms with Crippen molar-refractivity contribution in [2.75, 3.05) is 19.6 Å². The Morgan fingerprint density at radius 1 is 1.34 bits per heavy atom. The molecule has 1 saturated heterocycles. The van der Waals surface area contributed by atoms with Crippen molar-refractivity contribution in [3.8, 4) is 0 Å². The molecule has 1 amide bonds. The molecule has 2 rings (SSSR count). The summed E-state index contributed by atoms with van der Waals surface area (Å²) in [6.07, 6.45) is 1.46. The van der Waals surface area contributed by atoms with E-state index in [4.69, 9.17) is 5.11 Å². The number of nitrogens with one attached hydrogen (secondary N) is 1. The standard InChI is InChI=1S/C13H21B3N6O7/c14-16-21(5-10(24)25)11(13(28)29)7-4-22(19-18-7)6-1-8(12(26)27)20(3-6)9(23)2-17-15/h4,6,8,11,16-17H,1-3,5,14-15H2,(H,24,25)(H,26,27)(H,28,29). The van der Waals surface area contributed by atoms with Gasteiger partial charge < -0.3 is 30.3 Å². The van der Waals surface area contributed by atoms with Crippen molar-refractivity contribution in [3.63, 3.8) is 0 Å². The number of carboxylic acid groups (broad SMARTS) is 3. The second-order valence-electron chi connectivity index (χ2n) is 6.64. The molecule has 1 aliphatic heterocycles. The molecule has 29 heavy (non-hydrogen) atoms. The van der Waals surface area contributed by atoms with Gasteiger partial charge in [0.1, 0.15) is 17.8 Å². The van der Waals surface area contributed by atoms with Crippen LogP contribution in [0.1, 0.15) is 24.2 Å². The molecular formula is C13H21B3N6O7. The quantitative estimate of drug-likeness (QED) is 0.274. The Bertz CT molecular complexity index is 793. The highest BCUT2D eigenvalue weighted by molar-refractivity contribution is 6.87. The first-order chi connectivity index (χ1) is 13.7. The van der Waals surface area contributed by atoms with Crippen molar-refractivity contribution < 1.29 is 34.5 Å². The molecule has 3 atom stereocenters. The molecule has 4 N–H and O–H groups in total. The Morgan fingerprint density at radius 2 is 2.03 bits per heavy atom. The van der Waals surface area contributed by atoms with Gasteiger partial charge in [-0.3, -0.25) is 14.4 Å². The highest BCUT2D eigenvalue weighted by Gasteiger charge is 2.41. The van der Waals surface area contributed by atoms with Gasteiger partial charge in [0.2, 0.25) is 5.91 Å². The zero-order valence-corrected chi connectivity index (χ0v) is 16.1. The molecular weight excluding hydrogens is 385 g/mol. The number of carbonyl (C=O) groups is 4. The summed E-state index contributed by atoms with van der Waals surface area (Å²) < 4.78 is 1.34. The Balaban J connectivity index is 2.25. The van der Waals surface area contributed by atoms with E-state index in [1.165, 1.54) is 20.6 Å². The molecule has 0 bridgehead atoms. The van der Waals surface area contributed by atoms with Gasteiger partial charge in [0.05, 0.1) is 33.1 Å². The summed E-state index contributed by atoms with van der Waals surface area (Å²) in [6.45, 7) is -0.414. The molecule has 2 heterocycles. The van der Waals surface area contributed by atoms with Crippen molar-refractivity contribution in [2.24, 2.45) is 0 Å². The highest BCUT2D eigenvalue weighted by Crippen LogP contribution is 2.28. The van der Waals surface area contributed by atoms with Crippen LogP contribution in [0.25, 0.3) is 0 Å². The molecule has 1 fully saturated rings. The zero-order chi connectivity index (χ0) is 21.7. The van der Waals surface area contributed by atoms with Gasteiger partial charge in [-0.2, -0.15) is 0 Å². The zero-order valence-electron chi connectivity index (χ0n) is 16.1. The summed E-state index contributed by atoms with van der Waals surface area (Å²) in [7, 11) is 3.36. The lowest BCUT2D eigenvalue weighted by Gasteiger charge is -2.24. The third-order valence-corrected chi connectivity index (χ3v) is 4.74. The average molecular weight is 406 g/mol. The maximum absolute atomic E-state index is 12.2. The second kappa shape index (κ2) is 9.56. The SMILES string of the molecule is BBN(CC(=O)O)C(C(=O)O)c1cn(C2CC(C(=O)O)N(C(=O)CNB)C2)nn1. The number of hydrogen-bond acceptors (Lipinski definition) is 8. The van der Waals surface area contributed by atoms with E-state index in [0.717, 1.165) is 0 Å². The monoisotopic (exact) mass is 406 g/mol. The number of carboxylic acids is 3. The van der Waals surface area contributed by atoms with Gasteiger partial charge in [-0.05, 0) is 0 Å². The molecule has 3 unspecified atom stereocenters. The van der Waals surface area contributed by atoms with Gasteiger partial charge in [0, 0.05) is 13.0 Å². The molecule has 1 aromatic rings. The molecule has 0 aromatic carbocycles. The van der Waals surface area contributed by atoms with Gasteiger partial charge in [0.25, 0.3) is 0 Å². The number of aromatic nitrogens is 3. The van der Waals surface area contributed by atoms with Crippen LogP contribution in [0.3, 0.4) is 0 Å². The number of likely N-dealkylation sites (tertiary alicyclic amines) is 1. The molecule has 0 saturated carbocycles. The van der Waals surface area contributed by atoms with Gasteiger partial charge >= 0.3 is 17.9 Å². The van der Waals surface area contributed by atoms with Crippen molar-refractivity contribution in [3.05, 3.63) is 11.9 Å². The summed E-state index contributed by atoms with van der Waals surface area (Å²) in [5, 5.41) is 38.4. The number of nitrogens with zero attached hydrogens (tertiary/aromatic N) is 5. The van der Waals surface area contributed by atoms with Crippen LogP contribution in [-0.4, -0.2) is 113 Å². The van der Waals surface area contributed by atoms with E-state index >= 15 is 0 Å². The van der Waals surface area contributed by atoms with E-state index in [-0.39, 0.29) is 38.4 Å². The maximum atomic E-state index is 12.2.